The number of rotatable bonds is 3. The second-order valence-corrected chi connectivity index (χ2v) is 6.55. The number of nitrogens with two attached hydrogens (primary N) is 1. The van der Waals surface area contributed by atoms with Crippen LogP contribution in [-0.2, 0) is 10.0 Å². The first-order valence-electron chi connectivity index (χ1n) is 5.39. The molecule has 0 saturated heterocycles. The van der Waals surface area contributed by atoms with Crippen molar-refractivity contribution >= 4 is 37.5 Å². The Bertz CT molecular complexity index is 699. The van der Waals surface area contributed by atoms with Crippen molar-refractivity contribution in [1.29, 1.82) is 0 Å². The van der Waals surface area contributed by atoms with Crippen molar-refractivity contribution in [3.8, 4) is 0 Å². The summed E-state index contributed by atoms with van der Waals surface area (Å²) < 4.78 is 27.3. The lowest BCUT2D eigenvalue weighted by Gasteiger charge is -2.09. The summed E-state index contributed by atoms with van der Waals surface area (Å²) in [5.41, 5.74) is 6.97. The van der Waals surface area contributed by atoms with Crippen LogP contribution in [0.3, 0.4) is 0 Å². The predicted octanol–water partition coefficient (Wildman–Crippen LogP) is 2.54. The summed E-state index contributed by atoms with van der Waals surface area (Å²) in [5, 5.41) is 0. The monoisotopic (exact) mass is 341 g/mol. The third-order valence-corrected chi connectivity index (χ3v) is 4.36. The Kier molecular flexibility index (Phi) is 3.77. The highest BCUT2D eigenvalue weighted by Gasteiger charge is 2.16. The van der Waals surface area contributed by atoms with E-state index in [1.54, 1.807) is 12.3 Å². The first-order valence-corrected chi connectivity index (χ1v) is 7.66. The van der Waals surface area contributed by atoms with Gasteiger partial charge in [0.2, 0.25) is 0 Å². The number of sulfonamides is 1. The zero-order valence-electron chi connectivity index (χ0n) is 10.1. The number of anilines is 2. The van der Waals surface area contributed by atoms with Gasteiger partial charge in [0.15, 0.2) is 5.82 Å². The molecule has 0 aliphatic heterocycles. The van der Waals surface area contributed by atoms with Crippen molar-refractivity contribution in [2.75, 3.05) is 10.5 Å². The van der Waals surface area contributed by atoms with E-state index in [-0.39, 0.29) is 10.7 Å². The minimum atomic E-state index is -3.66. The number of nitrogens with one attached hydrogen (secondary N) is 1. The number of aromatic nitrogens is 1. The Labute approximate surface area is 120 Å². The van der Waals surface area contributed by atoms with E-state index in [1.807, 2.05) is 6.92 Å². The van der Waals surface area contributed by atoms with E-state index in [4.69, 9.17) is 5.73 Å². The topological polar surface area (TPSA) is 85.1 Å². The van der Waals surface area contributed by atoms with Crippen LogP contribution in [0.2, 0.25) is 0 Å². The van der Waals surface area contributed by atoms with Gasteiger partial charge in [-0.3, -0.25) is 4.72 Å². The quantitative estimate of drug-likeness (QED) is 0.840. The molecule has 1 aromatic heterocycles. The maximum absolute atomic E-state index is 12.1. The van der Waals surface area contributed by atoms with Gasteiger partial charge in [-0.2, -0.15) is 0 Å². The molecule has 0 unspecified atom stereocenters. The van der Waals surface area contributed by atoms with Crippen LogP contribution in [0.4, 0.5) is 11.5 Å². The molecule has 0 saturated carbocycles. The van der Waals surface area contributed by atoms with Gasteiger partial charge < -0.3 is 5.73 Å². The number of halogens is 1. The van der Waals surface area contributed by atoms with E-state index in [0.717, 1.165) is 5.56 Å². The van der Waals surface area contributed by atoms with Crippen LogP contribution in [0, 0.1) is 6.92 Å². The molecule has 0 bridgehead atoms. The van der Waals surface area contributed by atoms with E-state index < -0.39 is 10.0 Å². The highest BCUT2D eigenvalue weighted by atomic mass is 79.9. The Balaban J connectivity index is 2.33. The molecule has 0 fully saturated rings. The van der Waals surface area contributed by atoms with Gasteiger partial charge in [0.1, 0.15) is 0 Å². The second-order valence-electron chi connectivity index (χ2n) is 4.02. The van der Waals surface area contributed by atoms with E-state index in [9.17, 15) is 8.42 Å². The molecule has 3 N–H and O–H groups in total. The van der Waals surface area contributed by atoms with Gasteiger partial charge in [0.05, 0.1) is 9.37 Å². The molecule has 1 heterocycles. The van der Waals surface area contributed by atoms with Gasteiger partial charge in [-0.05, 0) is 58.7 Å². The molecular weight excluding hydrogens is 330 g/mol. The number of benzene rings is 1. The van der Waals surface area contributed by atoms with Gasteiger partial charge in [-0.25, -0.2) is 13.4 Å². The summed E-state index contributed by atoms with van der Waals surface area (Å²) in [4.78, 5) is 4.18. The van der Waals surface area contributed by atoms with Crippen LogP contribution in [0.1, 0.15) is 5.56 Å². The smallest absolute Gasteiger partial charge is 0.263 e. The van der Waals surface area contributed by atoms with Crippen molar-refractivity contribution in [3.05, 3.63) is 46.6 Å². The molecule has 0 atom stereocenters. The normalized spacial score (nSPS) is 11.3. The van der Waals surface area contributed by atoms with E-state index in [2.05, 4.69) is 25.6 Å². The fraction of sp³-hybridized carbons (Fsp3) is 0.0833. The standard InChI is InChI=1S/C12H12BrN3O2S/c1-8-6-11(13)12(15-7-8)16-19(17,18)10-4-2-9(14)3-5-10/h2-7H,14H2,1H3,(H,15,16). The van der Waals surface area contributed by atoms with E-state index >= 15 is 0 Å². The third kappa shape index (κ3) is 3.24. The zero-order chi connectivity index (χ0) is 14.0. The molecule has 0 aliphatic carbocycles. The van der Waals surface area contributed by atoms with Crippen LogP contribution < -0.4 is 10.5 Å². The number of nitrogens with zero attached hydrogens (tertiary/aromatic N) is 1. The van der Waals surface area contributed by atoms with Gasteiger partial charge in [-0.15, -0.1) is 0 Å². The number of hydrogen-bond acceptors (Lipinski definition) is 4. The SMILES string of the molecule is Cc1cnc(NS(=O)(=O)c2ccc(N)cc2)c(Br)c1. The van der Waals surface area contributed by atoms with Crippen LogP contribution in [-0.4, -0.2) is 13.4 Å². The van der Waals surface area contributed by atoms with Crippen molar-refractivity contribution in [2.45, 2.75) is 11.8 Å². The number of hydrogen-bond donors (Lipinski definition) is 2. The summed E-state index contributed by atoms with van der Waals surface area (Å²) >= 11 is 3.27. The zero-order valence-corrected chi connectivity index (χ0v) is 12.5. The molecule has 0 radical (unpaired) electrons. The Morgan fingerprint density at radius 2 is 1.89 bits per heavy atom. The molecule has 1 aromatic carbocycles. The summed E-state index contributed by atoms with van der Waals surface area (Å²) in [6.45, 7) is 1.87. The molecule has 5 nitrogen and oxygen atoms in total. The van der Waals surface area contributed by atoms with Crippen molar-refractivity contribution in [1.82, 2.24) is 4.98 Å². The lowest BCUT2D eigenvalue weighted by Crippen LogP contribution is -2.14. The maximum Gasteiger partial charge on any atom is 0.263 e. The molecule has 100 valence electrons. The number of nitrogen functional groups attached to an aromatic ring is 1. The minimum Gasteiger partial charge on any atom is -0.399 e. The Morgan fingerprint density at radius 3 is 2.47 bits per heavy atom. The fourth-order valence-electron chi connectivity index (χ4n) is 1.44. The first-order chi connectivity index (χ1) is 8.88. The summed E-state index contributed by atoms with van der Waals surface area (Å²) in [6, 6.07) is 7.74. The molecular formula is C12H12BrN3O2S. The Morgan fingerprint density at radius 1 is 1.26 bits per heavy atom. The highest BCUT2D eigenvalue weighted by molar-refractivity contribution is 9.10. The van der Waals surface area contributed by atoms with Crippen LogP contribution in [0.5, 0.6) is 0 Å². The molecule has 2 rings (SSSR count). The molecule has 2 aromatic rings. The fourth-order valence-corrected chi connectivity index (χ4v) is 3.17. The second kappa shape index (κ2) is 5.18. The molecule has 0 aliphatic rings. The van der Waals surface area contributed by atoms with E-state index in [1.165, 1.54) is 24.3 Å². The van der Waals surface area contributed by atoms with Gasteiger partial charge in [-0.1, -0.05) is 0 Å². The summed E-state index contributed by atoms with van der Waals surface area (Å²) in [5.74, 6) is 0.252. The molecule has 19 heavy (non-hydrogen) atoms. The molecule has 7 heteroatoms. The van der Waals surface area contributed by atoms with Gasteiger partial charge in [0, 0.05) is 11.9 Å². The molecule has 0 amide bonds. The van der Waals surface area contributed by atoms with E-state index in [0.29, 0.717) is 10.2 Å². The summed E-state index contributed by atoms with van der Waals surface area (Å²) in [6.07, 6.45) is 1.59. The number of aryl methyl sites for hydroxylation is 1. The van der Waals surface area contributed by atoms with Gasteiger partial charge >= 0.3 is 0 Å². The van der Waals surface area contributed by atoms with Crippen molar-refractivity contribution < 1.29 is 8.42 Å². The third-order valence-electron chi connectivity index (χ3n) is 2.40. The summed E-state index contributed by atoms with van der Waals surface area (Å²) in [7, 11) is -3.66. The van der Waals surface area contributed by atoms with Crippen LogP contribution in [0.25, 0.3) is 0 Å². The Hall–Kier alpha value is -1.60. The largest absolute Gasteiger partial charge is 0.399 e. The highest BCUT2D eigenvalue weighted by Crippen LogP contribution is 2.23. The minimum absolute atomic E-state index is 0.135. The lowest BCUT2D eigenvalue weighted by molar-refractivity contribution is 0.601. The van der Waals surface area contributed by atoms with Crippen LogP contribution in [0.15, 0.2) is 45.9 Å². The maximum atomic E-state index is 12.1. The van der Waals surface area contributed by atoms with Crippen LogP contribution >= 0.6 is 15.9 Å². The van der Waals surface area contributed by atoms with Gasteiger partial charge in [0.25, 0.3) is 10.0 Å². The molecule has 0 spiro atoms. The average Bonchev–Trinajstić information content (AvgIpc) is 2.33. The van der Waals surface area contributed by atoms with Crippen molar-refractivity contribution in [2.24, 2.45) is 0 Å². The lowest BCUT2D eigenvalue weighted by atomic mass is 10.3. The first kappa shape index (κ1) is 13.8. The number of pyridine rings is 1. The van der Waals surface area contributed by atoms with Crippen molar-refractivity contribution in [3.63, 3.8) is 0 Å². The predicted molar refractivity (Wildman–Crippen MR) is 78.3 cm³/mol. The average molecular weight is 342 g/mol.